The number of anilines is 1. The summed E-state index contributed by atoms with van der Waals surface area (Å²) in [7, 11) is 1.38. The van der Waals surface area contributed by atoms with Crippen LogP contribution in [0.25, 0.3) is 0 Å². The summed E-state index contributed by atoms with van der Waals surface area (Å²) in [6, 6.07) is 7.84. The first-order valence-corrected chi connectivity index (χ1v) is 11.0. The summed E-state index contributed by atoms with van der Waals surface area (Å²) < 4.78 is 23.8. The molecule has 1 spiro atoms. The number of benzene rings is 1. The fourth-order valence-corrected chi connectivity index (χ4v) is 7.44. The van der Waals surface area contributed by atoms with Gasteiger partial charge in [-0.3, -0.25) is 4.79 Å². The summed E-state index contributed by atoms with van der Waals surface area (Å²) >= 11 is 0. The van der Waals surface area contributed by atoms with E-state index >= 15 is 0 Å². The number of methoxy groups -OCH3 is 1. The van der Waals surface area contributed by atoms with E-state index < -0.39 is 53.6 Å². The van der Waals surface area contributed by atoms with Gasteiger partial charge in [0.2, 0.25) is 6.29 Å². The minimum Gasteiger partial charge on any atom is -0.468 e. The molecule has 0 amide bonds. The number of aliphatic hydroxyl groups excluding tert-OH is 1. The lowest BCUT2D eigenvalue weighted by molar-refractivity contribution is -0.316. The molecular weight excluding hydrogens is 416 g/mol. The van der Waals surface area contributed by atoms with Crippen LogP contribution in [0, 0.1) is 17.3 Å². The van der Waals surface area contributed by atoms with Gasteiger partial charge >= 0.3 is 11.9 Å². The van der Waals surface area contributed by atoms with Crippen LogP contribution < -0.4 is 10.6 Å². The molecule has 0 bridgehead atoms. The Bertz CT molecular complexity index is 1020. The number of aliphatic hydroxyl groups is 1. The summed E-state index contributed by atoms with van der Waals surface area (Å²) in [6.07, 6.45) is 0.889. The summed E-state index contributed by atoms with van der Waals surface area (Å²) in [6.45, 7) is 3.91. The minimum atomic E-state index is -1.19. The van der Waals surface area contributed by atoms with Gasteiger partial charge in [-0.1, -0.05) is 24.3 Å². The summed E-state index contributed by atoms with van der Waals surface area (Å²) in [5.74, 6) is -2.05. The van der Waals surface area contributed by atoms with Crippen LogP contribution >= 0.6 is 0 Å². The molecule has 9 nitrogen and oxygen atoms in total. The van der Waals surface area contributed by atoms with Crippen LogP contribution in [0.15, 0.2) is 36.9 Å². The number of hydrogen-bond donors (Lipinski definition) is 3. The van der Waals surface area contributed by atoms with Crippen molar-refractivity contribution >= 4 is 17.6 Å². The van der Waals surface area contributed by atoms with Gasteiger partial charge in [0.05, 0.1) is 7.11 Å². The zero-order valence-electron chi connectivity index (χ0n) is 17.7. The third-order valence-corrected chi connectivity index (χ3v) is 8.34. The van der Waals surface area contributed by atoms with Crippen LogP contribution in [-0.2, 0) is 34.1 Å². The molecule has 9 heteroatoms. The molecule has 32 heavy (non-hydrogen) atoms. The molecule has 6 rings (SSSR count). The highest BCUT2D eigenvalue weighted by Gasteiger charge is 2.90. The molecular formula is C23H26N2O7. The quantitative estimate of drug-likeness (QED) is 0.456. The molecule has 4 fully saturated rings. The Hall–Kier alpha value is -2.46. The zero-order chi connectivity index (χ0) is 22.3. The Morgan fingerprint density at radius 2 is 2.19 bits per heavy atom. The molecule has 1 saturated carbocycles. The second-order valence-corrected chi connectivity index (χ2v) is 9.18. The van der Waals surface area contributed by atoms with E-state index in [1.165, 1.54) is 7.11 Å². The number of ether oxygens (including phenoxy) is 4. The highest BCUT2D eigenvalue weighted by atomic mass is 16.8. The van der Waals surface area contributed by atoms with E-state index in [0.717, 1.165) is 17.8 Å². The van der Waals surface area contributed by atoms with Gasteiger partial charge in [-0.25, -0.2) is 4.79 Å². The number of rotatable bonds is 4. The monoisotopic (exact) mass is 442 g/mol. The van der Waals surface area contributed by atoms with E-state index in [-0.39, 0.29) is 12.0 Å². The molecule has 3 unspecified atom stereocenters. The van der Waals surface area contributed by atoms with Crippen molar-refractivity contribution in [3.63, 3.8) is 0 Å². The topological polar surface area (TPSA) is 115 Å². The predicted molar refractivity (Wildman–Crippen MR) is 110 cm³/mol. The summed E-state index contributed by atoms with van der Waals surface area (Å²) in [5, 5.41) is 16.5. The largest absolute Gasteiger partial charge is 0.468 e. The number of carbonyl (C=O) groups is 2. The van der Waals surface area contributed by atoms with Crippen LogP contribution in [0.1, 0.15) is 18.4 Å². The fraction of sp³-hybridized carbons (Fsp3) is 0.565. The van der Waals surface area contributed by atoms with Gasteiger partial charge in [-0.05, 0) is 31.4 Å². The molecule has 1 aromatic carbocycles. The van der Waals surface area contributed by atoms with Crippen molar-refractivity contribution in [1.29, 1.82) is 0 Å². The predicted octanol–water partition coefficient (Wildman–Crippen LogP) is 0.638. The highest BCUT2D eigenvalue weighted by Crippen LogP contribution is 2.75. The van der Waals surface area contributed by atoms with Gasteiger partial charge in [0, 0.05) is 23.2 Å². The van der Waals surface area contributed by atoms with Crippen molar-refractivity contribution in [2.75, 3.05) is 25.6 Å². The van der Waals surface area contributed by atoms with Gasteiger partial charge in [-0.2, -0.15) is 0 Å². The maximum atomic E-state index is 13.8. The first-order chi connectivity index (χ1) is 15.5. The van der Waals surface area contributed by atoms with Crippen LogP contribution in [-0.4, -0.2) is 61.5 Å². The number of fused-ring (bicyclic) bond motifs is 1. The van der Waals surface area contributed by atoms with Gasteiger partial charge in [0.1, 0.15) is 23.2 Å². The molecule has 8 atom stereocenters. The van der Waals surface area contributed by atoms with Crippen molar-refractivity contribution in [3.05, 3.63) is 42.5 Å². The second kappa shape index (κ2) is 6.54. The van der Waals surface area contributed by atoms with Gasteiger partial charge in [-0.15, -0.1) is 6.58 Å². The molecule has 3 N–H and O–H groups in total. The van der Waals surface area contributed by atoms with Crippen molar-refractivity contribution in [2.45, 2.75) is 42.6 Å². The lowest BCUT2D eigenvalue weighted by atomic mass is 9.57. The molecule has 4 heterocycles. The Labute approximate surface area is 185 Å². The Kier molecular flexibility index (Phi) is 4.12. The van der Waals surface area contributed by atoms with Crippen LogP contribution in [0.2, 0.25) is 0 Å². The normalized spacial score (nSPS) is 44.6. The molecule has 5 aliphatic rings. The van der Waals surface area contributed by atoms with Gasteiger partial charge in [0.25, 0.3) is 0 Å². The average Bonchev–Trinajstić information content (AvgIpc) is 3.37. The second-order valence-electron chi connectivity index (χ2n) is 9.18. The molecule has 1 aromatic rings. The molecule has 0 aromatic heterocycles. The van der Waals surface area contributed by atoms with Crippen LogP contribution in [0.4, 0.5) is 5.69 Å². The maximum absolute atomic E-state index is 13.8. The number of carbonyl (C=O) groups excluding carboxylic acids is 2. The zero-order valence-corrected chi connectivity index (χ0v) is 17.7. The van der Waals surface area contributed by atoms with Crippen molar-refractivity contribution in [2.24, 2.45) is 17.3 Å². The number of piperidine rings is 1. The third-order valence-electron chi connectivity index (χ3n) is 8.34. The maximum Gasteiger partial charge on any atom is 0.334 e. The van der Waals surface area contributed by atoms with E-state index in [1.807, 2.05) is 24.3 Å². The Morgan fingerprint density at radius 3 is 2.94 bits per heavy atom. The number of hydrogen-bond acceptors (Lipinski definition) is 9. The smallest absolute Gasteiger partial charge is 0.334 e. The van der Waals surface area contributed by atoms with E-state index in [2.05, 4.69) is 17.2 Å². The first-order valence-electron chi connectivity index (χ1n) is 11.0. The van der Waals surface area contributed by atoms with Crippen molar-refractivity contribution < 1.29 is 33.6 Å². The molecule has 170 valence electrons. The van der Waals surface area contributed by atoms with Crippen molar-refractivity contribution in [3.8, 4) is 0 Å². The number of esters is 2. The Morgan fingerprint density at radius 1 is 1.38 bits per heavy atom. The van der Waals surface area contributed by atoms with E-state index in [0.29, 0.717) is 12.8 Å². The van der Waals surface area contributed by atoms with E-state index in [9.17, 15) is 14.7 Å². The summed E-state index contributed by atoms with van der Waals surface area (Å²) in [4.78, 5) is 25.7. The van der Waals surface area contributed by atoms with Gasteiger partial charge < -0.3 is 34.7 Å². The molecule has 1 aliphatic carbocycles. The lowest BCUT2D eigenvalue weighted by Gasteiger charge is -2.52. The fourth-order valence-electron chi connectivity index (χ4n) is 7.44. The number of nitrogens with one attached hydrogen (secondary N) is 2. The van der Waals surface area contributed by atoms with E-state index in [4.69, 9.17) is 18.9 Å². The van der Waals surface area contributed by atoms with Gasteiger partial charge in [0.15, 0.2) is 6.29 Å². The highest BCUT2D eigenvalue weighted by molar-refractivity contribution is 5.86. The SMILES string of the molecule is C=CC1C(OC(=O)CO)O[C@H]2O[C@@]34CCN[C@H]5CC1[C@@]2(C(=O)OC)[C@]53Nc1ccccc14. The Balaban J connectivity index is 1.58. The average molecular weight is 442 g/mol. The third kappa shape index (κ3) is 1.96. The number of para-hydroxylation sites is 1. The molecule has 0 radical (unpaired) electrons. The van der Waals surface area contributed by atoms with E-state index in [1.54, 1.807) is 6.08 Å². The summed E-state index contributed by atoms with van der Waals surface area (Å²) in [5.41, 5.74) is -0.911. The van der Waals surface area contributed by atoms with Crippen molar-refractivity contribution in [1.82, 2.24) is 5.32 Å². The first kappa shape index (κ1) is 20.2. The minimum absolute atomic E-state index is 0.115. The molecule has 4 aliphatic heterocycles. The molecule has 3 saturated heterocycles. The standard InChI is InChI=1S/C23H26N2O7/c1-3-12-14-10-16-23-21(8-9-24-16,13-6-4-5-7-15(13)25-23)32-20(22(14,23)19(28)29-2)31-18(12)30-17(27)11-26/h3-7,12,14,16,18,20,24-26H,1,8-11H2,2H3/t12?,14?,16-,18?,20-,21+,22-,23-/m0/s1. The van der Waals surface area contributed by atoms with Crippen LogP contribution in [0.3, 0.4) is 0 Å². The van der Waals surface area contributed by atoms with Crippen LogP contribution in [0.5, 0.6) is 0 Å². The lowest BCUT2D eigenvalue weighted by Crippen LogP contribution is -2.72.